The van der Waals surface area contributed by atoms with Gasteiger partial charge in [-0.05, 0) is 12.1 Å². The van der Waals surface area contributed by atoms with E-state index in [2.05, 4.69) is 5.73 Å². The molecule has 0 fully saturated rings. The van der Waals surface area contributed by atoms with Crippen LogP contribution in [0.15, 0.2) is 24.3 Å². The maximum absolute atomic E-state index is 8.52. The van der Waals surface area contributed by atoms with Gasteiger partial charge in [-0.1, -0.05) is 11.6 Å². The van der Waals surface area contributed by atoms with Crippen LogP contribution >= 0.6 is 11.6 Å². The van der Waals surface area contributed by atoms with Crippen LogP contribution in [0.3, 0.4) is 0 Å². The molecular weight excluding hydrogens is 218 g/mol. The Balaban J connectivity index is 0.000000252. The largest absolute Gasteiger partial charge is 0.759 e. The van der Waals surface area contributed by atoms with Crippen molar-refractivity contribution in [2.45, 2.75) is 0 Å². The molecule has 1 rings (SSSR count). The molecule has 0 bridgehead atoms. The summed E-state index contributed by atoms with van der Waals surface area (Å²) in [4.78, 5) is 0. The average molecular weight is 225 g/mol. The lowest BCUT2D eigenvalue weighted by Crippen LogP contribution is -2.39. The Morgan fingerprint density at radius 2 is 1.46 bits per heavy atom. The van der Waals surface area contributed by atoms with E-state index in [1.54, 1.807) is 0 Å². The van der Waals surface area contributed by atoms with Crippen molar-refractivity contribution in [3.05, 3.63) is 29.3 Å². The zero-order valence-electron chi connectivity index (χ0n) is 6.44. The minimum atomic E-state index is -5.17. The molecule has 0 atom stereocenters. The number of hydrogen-bond donors (Lipinski definition) is 1. The van der Waals surface area contributed by atoms with Gasteiger partial charge < -0.3 is 14.8 Å². The van der Waals surface area contributed by atoms with Crippen LogP contribution in [0, 0.1) is 0 Å². The molecule has 0 saturated heterocycles. The number of quaternary nitrogens is 1. The Kier molecular flexibility index (Phi) is 4.89. The van der Waals surface area contributed by atoms with Crippen molar-refractivity contribution in [3.63, 3.8) is 0 Å². The van der Waals surface area contributed by atoms with Gasteiger partial charge in [0.2, 0.25) is 0 Å². The van der Waals surface area contributed by atoms with E-state index < -0.39 is 10.4 Å². The highest BCUT2D eigenvalue weighted by molar-refractivity contribution is 7.79. The lowest BCUT2D eigenvalue weighted by molar-refractivity contribution is -0.254. The second-order valence-electron chi connectivity index (χ2n) is 2.03. The fourth-order valence-corrected chi connectivity index (χ4v) is 0.610. The van der Waals surface area contributed by atoms with Crippen molar-refractivity contribution < 1.29 is 23.3 Å². The molecule has 5 nitrogen and oxygen atoms in total. The molecule has 1 aromatic rings. The Morgan fingerprint density at radius 1 is 1.15 bits per heavy atom. The maximum Gasteiger partial charge on any atom is 0.128 e. The second-order valence-corrected chi connectivity index (χ2v) is 3.29. The summed E-state index contributed by atoms with van der Waals surface area (Å²) in [6, 6.07) is 7.40. The molecular formula is C6H7ClNO4S-. The molecule has 0 heterocycles. The van der Waals surface area contributed by atoms with Gasteiger partial charge in [-0.3, -0.25) is 8.42 Å². The third-order valence-electron chi connectivity index (χ3n) is 0.913. The van der Waals surface area contributed by atoms with Crippen molar-refractivity contribution in [2.75, 3.05) is 0 Å². The molecule has 13 heavy (non-hydrogen) atoms. The van der Waals surface area contributed by atoms with E-state index in [1.807, 2.05) is 24.3 Å². The summed E-state index contributed by atoms with van der Waals surface area (Å²) in [6.45, 7) is 0. The van der Waals surface area contributed by atoms with Crippen molar-refractivity contribution >= 4 is 27.7 Å². The SMILES string of the molecule is O=S(=O)([O-])[O-].[NH3+]c1ccc(Cl)cc1. The van der Waals surface area contributed by atoms with E-state index >= 15 is 0 Å². The summed E-state index contributed by atoms with van der Waals surface area (Å²) in [5.74, 6) is 0. The number of hydrogen-bond acceptors (Lipinski definition) is 4. The minimum absolute atomic E-state index is 0.761. The van der Waals surface area contributed by atoms with Gasteiger partial charge in [-0.2, -0.15) is 0 Å². The molecule has 74 valence electrons. The first-order valence-corrected chi connectivity index (χ1v) is 4.74. The van der Waals surface area contributed by atoms with Gasteiger partial charge >= 0.3 is 0 Å². The van der Waals surface area contributed by atoms with Crippen LogP contribution in [0.25, 0.3) is 0 Å². The second kappa shape index (κ2) is 5.15. The van der Waals surface area contributed by atoms with Gasteiger partial charge in [0.25, 0.3) is 0 Å². The van der Waals surface area contributed by atoms with Gasteiger partial charge in [0.15, 0.2) is 0 Å². The normalized spacial score (nSPS) is 10.2. The first-order chi connectivity index (χ1) is 5.79. The van der Waals surface area contributed by atoms with Crippen LogP contribution in [0.2, 0.25) is 5.02 Å². The van der Waals surface area contributed by atoms with E-state index in [9.17, 15) is 0 Å². The van der Waals surface area contributed by atoms with Gasteiger partial charge in [0, 0.05) is 27.6 Å². The molecule has 0 spiro atoms. The monoisotopic (exact) mass is 224 g/mol. The van der Waals surface area contributed by atoms with Crippen molar-refractivity contribution in [2.24, 2.45) is 0 Å². The molecule has 0 aromatic heterocycles. The summed E-state index contributed by atoms with van der Waals surface area (Å²) < 4.78 is 34.1. The van der Waals surface area contributed by atoms with E-state index in [-0.39, 0.29) is 0 Å². The molecule has 0 aliphatic rings. The van der Waals surface area contributed by atoms with E-state index in [0.29, 0.717) is 0 Å². The minimum Gasteiger partial charge on any atom is -0.759 e. The molecule has 0 radical (unpaired) electrons. The molecule has 1 aromatic carbocycles. The van der Waals surface area contributed by atoms with Crippen LogP contribution in [0.4, 0.5) is 5.69 Å². The van der Waals surface area contributed by atoms with E-state index in [1.165, 1.54) is 0 Å². The summed E-state index contributed by atoms with van der Waals surface area (Å²) in [6.07, 6.45) is 0. The van der Waals surface area contributed by atoms with Gasteiger partial charge in [0.1, 0.15) is 5.69 Å². The van der Waals surface area contributed by atoms with E-state index in [4.69, 9.17) is 29.1 Å². The van der Waals surface area contributed by atoms with Crippen molar-refractivity contribution in [1.29, 1.82) is 0 Å². The quantitative estimate of drug-likeness (QED) is 0.489. The van der Waals surface area contributed by atoms with Gasteiger partial charge in [-0.15, -0.1) is 0 Å². The molecule has 7 heteroatoms. The highest BCUT2D eigenvalue weighted by Crippen LogP contribution is 2.08. The van der Waals surface area contributed by atoms with Crippen molar-refractivity contribution in [1.82, 2.24) is 0 Å². The predicted octanol–water partition coefficient (Wildman–Crippen LogP) is -0.125. The molecule has 0 amide bonds. The number of halogens is 1. The van der Waals surface area contributed by atoms with Crippen LogP contribution in [-0.4, -0.2) is 17.5 Å². The van der Waals surface area contributed by atoms with Crippen LogP contribution in [0.5, 0.6) is 0 Å². The fraction of sp³-hybridized carbons (Fsp3) is 0. The van der Waals surface area contributed by atoms with E-state index in [0.717, 1.165) is 10.7 Å². The summed E-state index contributed by atoms with van der Waals surface area (Å²) in [5.41, 5.74) is 4.70. The predicted molar refractivity (Wildman–Crippen MR) is 44.5 cm³/mol. The van der Waals surface area contributed by atoms with Crippen LogP contribution in [0.1, 0.15) is 0 Å². The number of benzene rings is 1. The first-order valence-electron chi connectivity index (χ1n) is 3.03. The topological polar surface area (TPSA) is 108 Å². The van der Waals surface area contributed by atoms with Gasteiger partial charge in [-0.25, -0.2) is 0 Å². The Bertz CT molecular complexity index is 318. The lowest BCUT2D eigenvalue weighted by atomic mass is 10.3. The summed E-state index contributed by atoms with van der Waals surface area (Å²) in [5, 5.41) is 0.761. The molecule has 3 N–H and O–H groups in total. The van der Waals surface area contributed by atoms with Crippen LogP contribution in [-0.2, 0) is 10.4 Å². The first kappa shape index (κ1) is 12.3. The highest BCUT2D eigenvalue weighted by Gasteiger charge is 1.85. The smallest absolute Gasteiger partial charge is 0.128 e. The molecule has 0 saturated carbocycles. The third kappa shape index (κ3) is 11.3. The summed E-state index contributed by atoms with van der Waals surface area (Å²) in [7, 11) is -5.17. The lowest BCUT2D eigenvalue weighted by Gasteiger charge is -2.06. The Morgan fingerprint density at radius 3 is 1.69 bits per heavy atom. The highest BCUT2D eigenvalue weighted by atomic mass is 35.5. The average Bonchev–Trinajstić information content (AvgIpc) is 1.92. The maximum atomic E-state index is 8.52. The molecule has 0 aliphatic heterocycles. The number of rotatable bonds is 0. The molecule has 0 unspecified atom stereocenters. The standard InChI is InChI=1S/C6H6ClN.H2O4S/c7-5-1-3-6(8)4-2-5;1-5(2,3)4/h1-4H,8H2;(H2,1,2,3,4)/p-1. The van der Waals surface area contributed by atoms with Crippen molar-refractivity contribution in [3.8, 4) is 0 Å². The Hall–Kier alpha value is -0.660. The Labute approximate surface area is 80.7 Å². The fourth-order valence-electron chi connectivity index (χ4n) is 0.484. The van der Waals surface area contributed by atoms with Gasteiger partial charge in [0.05, 0.1) is 0 Å². The zero-order chi connectivity index (χ0) is 10.5. The summed E-state index contributed by atoms with van der Waals surface area (Å²) >= 11 is 5.58. The molecule has 0 aliphatic carbocycles. The zero-order valence-corrected chi connectivity index (χ0v) is 8.01. The van der Waals surface area contributed by atoms with Crippen LogP contribution < -0.4 is 5.73 Å². The third-order valence-corrected chi connectivity index (χ3v) is 1.17.